The molecule has 0 aromatic heterocycles. The molecule has 0 unspecified atom stereocenters. The van der Waals surface area contributed by atoms with Crippen molar-refractivity contribution in [2.24, 2.45) is 0 Å². The van der Waals surface area contributed by atoms with Crippen molar-refractivity contribution in [3.05, 3.63) is 0 Å². The van der Waals surface area contributed by atoms with Crippen LogP contribution in [-0.2, 0) is 23.9 Å². The molecule has 0 amide bonds. The van der Waals surface area contributed by atoms with Crippen LogP contribution in [0.25, 0.3) is 0 Å². The summed E-state index contributed by atoms with van der Waals surface area (Å²) in [6.07, 6.45) is -0.872. The zero-order valence-electron chi connectivity index (χ0n) is 7.61. The average molecular weight is 188 g/mol. The summed E-state index contributed by atoms with van der Waals surface area (Å²) in [5.74, 6) is -1.16. The summed E-state index contributed by atoms with van der Waals surface area (Å²) in [6.45, 7) is 3.15. The molecule has 0 bridgehead atoms. The number of hydrogen-bond acceptors (Lipinski definition) is 5. The van der Waals surface area contributed by atoms with E-state index in [9.17, 15) is 14.4 Å². The summed E-state index contributed by atoms with van der Waals surface area (Å²) in [5.41, 5.74) is 0. The highest BCUT2D eigenvalue weighted by Gasteiger charge is 2.15. The van der Waals surface area contributed by atoms with Crippen LogP contribution in [0.1, 0.15) is 26.7 Å². The highest BCUT2D eigenvalue weighted by Crippen LogP contribution is 1.97. The maximum absolute atomic E-state index is 10.7. The zero-order valence-corrected chi connectivity index (χ0v) is 7.61. The van der Waals surface area contributed by atoms with E-state index in [2.05, 4.69) is 9.47 Å². The third-order valence-corrected chi connectivity index (χ3v) is 1.18. The van der Waals surface area contributed by atoms with Crippen molar-refractivity contribution in [2.75, 3.05) is 0 Å². The molecule has 0 aliphatic rings. The summed E-state index contributed by atoms with van der Waals surface area (Å²) in [4.78, 5) is 31.6. The second-order valence-corrected chi connectivity index (χ2v) is 2.19. The van der Waals surface area contributed by atoms with Crippen molar-refractivity contribution in [3.63, 3.8) is 0 Å². The second kappa shape index (κ2) is 6.16. The lowest BCUT2D eigenvalue weighted by Gasteiger charge is -2.11. The molecule has 5 nitrogen and oxygen atoms in total. The van der Waals surface area contributed by atoms with Gasteiger partial charge in [0.25, 0.3) is 0 Å². The maximum atomic E-state index is 10.7. The molecule has 0 saturated heterocycles. The first-order valence-corrected chi connectivity index (χ1v) is 3.98. The normalized spacial score (nSPS) is 9.46. The van der Waals surface area contributed by atoms with Crippen LogP contribution < -0.4 is 0 Å². The maximum Gasteiger partial charge on any atom is 0.308 e. The first-order valence-electron chi connectivity index (χ1n) is 3.98. The molecule has 0 aromatic carbocycles. The Hall–Kier alpha value is -1.39. The van der Waals surface area contributed by atoms with Gasteiger partial charge in [-0.15, -0.1) is 0 Å². The lowest BCUT2D eigenvalue weighted by molar-refractivity contribution is -0.186. The van der Waals surface area contributed by atoms with Gasteiger partial charge in [0, 0.05) is 12.8 Å². The zero-order chi connectivity index (χ0) is 10.3. The van der Waals surface area contributed by atoms with Gasteiger partial charge in [0.2, 0.25) is 6.29 Å². The van der Waals surface area contributed by atoms with Gasteiger partial charge in [0.15, 0.2) is 0 Å². The Bertz CT molecular complexity index is 181. The molecule has 0 heterocycles. The molecule has 0 radical (unpaired) electrons. The number of esters is 2. The van der Waals surface area contributed by atoms with Crippen molar-refractivity contribution in [1.82, 2.24) is 0 Å². The predicted molar refractivity (Wildman–Crippen MR) is 42.6 cm³/mol. The minimum absolute atomic E-state index is 0.133. The van der Waals surface area contributed by atoms with Crippen molar-refractivity contribution >= 4 is 18.2 Å². The smallest absolute Gasteiger partial charge is 0.308 e. The second-order valence-electron chi connectivity index (χ2n) is 2.19. The van der Waals surface area contributed by atoms with Crippen LogP contribution in [0.4, 0.5) is 0 Å². The molecule has 0 saturated carbocycles. The number of aldehydes is 1. The van der Waals surface area contributed by atoms with E-state index < -0.39 is 18.2 Å². The lowest BCUT2D eigenvalue weighted by atomic mass is 10.5. The third-order valence-electron chi connectivity index (χ3n) is 1.18. The molecule has 0 rings (SSSR count). The van der Waals surface area contributed by atoms with Gasteiger partial charge in [-0.3, -0.25) is 14.4 Å². The van der Waals surface area contributed by atoms with Crippen molar-refractivity contribution < 1.29 is 23.9 Å². The first-order chi connectivity index (χ1) is 6.13. The summed E-state index contributed by atoms with van der Waals surface area (Å²) < 4.78 is 8.94. The quantitative estimate of drug-likeness (QED) is 0.355. The largest absolute Gasteiger partial charge is 0.418 e. The molecular weight excluding hydrogens is 176 g/mol. The van der Waals surface area contributed by atoms with E-state index in [1.807, 2.05) is 0 Å². The molecule has 0 fully saturated rings. The Kier molecular flexibility index (Phi) is 5.50. The van der Waals surface area contributed by atoms with Gasteiger partial charge < -0.3 is 9.47 Å². The van der Waals surface area contributed by atoms with Crippen LogP contribution in [0.15, 0.2) is 0 Å². The van der Waals surface area contributed by atoms with Gasteiger partial charge >= 0.3 is 18.2 Å². The topological polar surface area (TPSA) is 69.7 Å². The minimum Gasteiger partial charge on any atom is -0.418 e. The molecule has 0 spiro atoms. The van der Waals surface area contributed by atoms with E-state index in [1.165, 1.54) is 0 Å². The monoisotopic (exact) mass is 188 g/mol. The molecule has 0 aliphatic heterocycles. The van der Waals surface area contributed by atoms with Gasteiger partial charge in [0.05, 0.1) is 0 Å². The molecule has 13 heavy (non-hydrogen) atoms. The van der Waals surface area contributed by atoms with E-state index in [1.54, 1.807) is 13.8 Å². The molecule has 5 heteroatoms. The Balaban J connectivity index is 3.96. The molecule has 0 atom stereocenters. The molecule has 0 N–H and O–H groups in total. The minimum atomic E-state index is -1.40. The lowest BCUT2D eigenvalue weighted by Crippen LogP contribution is -2.25. The van der Waals surface area contributed by atoms with E-state index >= 15 is 0 Å². The average Bonchev–Trinajstić information content (AvgIpc) is 2.16. The number of rotatable bonds is 5. The van der Waals surface area contributed by atoms with Gasteiger partial charge in [-0.25, -0.2) is 0 Å². The fourth-order valence-electron chi connectivity index (χ4n) is 0.505. The van der Waals surface area contributed by atoms with Crippen LogP contribution in [0.2, 0.25) is 0 Å². The first kappa shape index (κ1) is 11.6. The molecule has 74 valence electrons. The fraction of sp³-hybridized carbons (Fsp3) is 0.625. The summed E-state index contributed by atoms with van der Waals surface area (Å²) >= 11 is 0. The van der Waals surface area contributed by atoms with Crippen LogP contribution in [0.5, 0.6) is 0 Å². The van der Waals surface area contributed by atoms with Crippen LogP contribution in [0.3, 0.4) is 0 Å². The van der Waals surface area contributed by atoms with E-state index in [-0.39, 0.29) is 19.1 Å². The standard InChI is InChI=1S/C8H12O5/c1-3-6(10)12-8(5-9)13-7(11)4-2/h5,8H,3-4H2,1-2H3. The number of carbonyl (C=O) groups is 3. The van der Waals surface area contributed by atoms with E-state index in [0.29, 0.717) is 0 Å². The van der Waals surface area contributed by atoms with Gasteiger partial charge in [-0.1, -0.05) is 13.8 Å². The Morgan fingerprint density at radius 3 is 1.77 bits per heavy atom. The van der Waals surface area contributed by atoms with Crippen molar-refractivity contribution in [1.29, 1.82) is 0 Å². The van der Waals surface area contributed by atoms with E-state index in [0.717, 1.165) is 0 Å². The predicted octanol–water partition coefficient (Wildman–Crippen LogP) is 0.418. The highest BCUT2D eigenvalue weighted by molar-refractivity contribution is 5.75. The van der Waals surface area contributed by atoms with Crippen molar-refractivity contribution in [2.45, 2.75) is 33.0 Å². The summed E-state index contributed by atoms with van der Waals surface area (Å²) in [6, 6.07) is 0. The van der Waals surface area contributed by atoms with Crippen LogP contribution in [-0.4, -0.2) is 24.5 Å². The highest BCUT2D eigenvalue weighted by atomic mass is 16.7. The Morgan fingerprint density at radius 1 is 1.15 bits per heavy atom. The third kappa shape index (κ3) is 4.95. The Morgan fingerprint density at radius 2 is 1.54 bits per heavy atom. The van der Waals surface area contributed by atoms with Gasteiger partial charge in [-0.05, 0) is 0 Å². The molecule has 0 aliphatic carbocycles. The van der Waals surface area contributed by atoms with Crippen LogP contribution in [0, 0.1) is 0 Å². The number of ether oxygens (including phenoxy) is 2. The van der Waals surface area contributed by atoms with Gasteiger partial charge in [-0.2, -0.15) is 0 Å². The molecule has 0 aromatic rings. The van der Waals surface area contributed by atoms with E-state index in [4.69, 9.17) is 0 Å². The van der Waals surface area contributed by atoms with Gasteiger partial charge in [0.1, 0.15) is 0 Å². The Labute approximate surface area is 76.0 Å². The SMILES string of the molecule is CCC(=O)OC(C=O)OC(=O)CC. The van der Waals surface area contributed by atoms with Crippen LogP contribution >= 0.6 is 0 Å². The molecular formula is C8H12O5. The fourth-order valence-corrected chi connectivity index (χ4v) is 0.505. The summed E-state index contributed by atoms with van der Waals surface area (Å²) in [7, 11) is 0. The summed E-state index contributed by atoms with van der Waals surface area (Å²) in [5, 5.41) is 0. The number of hydrogen-bond donors (Lipinski definition) is 0. The number of carbonyl (C=O) groups excluding carboxylic acids is 3. The van der Waals surface area contributed by atoms with Crippen molar-refractivity contribution in [3.8, 4) is 0 Å².